The number of anilines is 1. The lowest BCUT2D eigenvalue weighted by molar-refractivity contribution is 0.0984. The van der Waals surface area contributed by atoms with E-state index in [1.807, 2.05) is 30.3 Å². The molecule has 0 unspecified atom stereocenters. The van der Waals surface area contributed by atoms with Gasteiger partial charge in [0.15, 0.2) is 15.0 Å². The van der Waals surface area contributed by atoms with Crippen molar-refractivity contribution in [2.24, 2.45) is 0 Å². The van der Waals surface area contributed by atoms with Gasteiger partial charge in [-0.05, 0) is 64.6 Å². The molecule has 0 radical (unpaired) electrons. The molecule has 0 aliphatic heterocycles. The lowest BCUT2D eigenvalue weighted by Crippen LogP contribution is -2.31. The highest BCUT2D eigenvalue weighted by atomic mass is 127. The summed E-state index contributed by atoms with van der Waals surface area (Å²) in [5.74, 6) is -0.175. The number of nitrogens with zero attached hydrogens (tertiary/aromatic N) is 3. The Morgan fingerprint density at radius 2 is 1.93 bits per heavy atom. The summed E-state index contributed by atoms with van der Waals surface area (Å²) in [6.07, 6.45) is 4.57. The highest BCUT2D eigenvalue weighted by molar-refractivity contribution is 14.1. The smallest absolute Gasteiger partial charge is 0.261 e. The van der Waals surface area contributed by atoms with Gasteiger partial charge in [0.05, 0.1) is 27.2 Å². The molecule has 2 aromatic carbocycles. The Morgan fingerprint density at radius 3 is 2.63 bits per heavy atom. The van der Waals surface area contributed by atoms with Gasteiger partial charge in [0.1, 0.15) is 0 Å². The van der Waals surface area contributed by atoms with Crippen molar-refractivity contribution in [1.82, 2.24) is 9.97 Å². The molecule has 0 fully saturated rings. The zero-order chi connectivity index (χ0) is 21.3. The first-order valence-corrected chi connectivity index (χ1v) is 12.7. The minimum atomic E-state index is -3.33. The molecule has 152 valence electrons. The van der Waals surface area contributed by atoms with E-state index in [2.05, 4.69) is 32.6 Å². The van der Waals surface area contributed by atoms with Crippen LogP contribution in [0.3, 0.4) is 0 Å². The summed E-state index contributed by atoms with van der Waals surface area (Å²) >= 11 is 3.43. The lowest BCUT2D eigenvalue weighted by Gasteiger charge is -2.20. The molecule has 0 aliphatic rings. The highest BCUT2D eigenvalue weighted by Crippen LogP contribution is 2.32. The van der Waals surface area contributed by atoms with E-state index < -0.39 is 9.84 Å². The van der Waals surface area contributed by atoms with E-state index >= 15 is 0 Å². The van der Waals surface area contributed by atoms with Crippen LogP contribution in [0.1, 0.15) is 15.9 Å². The third-order valence-electron chi connectivity index (χ3n) is 4.42. The maximum absolute atomic E-state index is 13.4. The predicted molar refractivity (Wildman–Crippen MR) is 127 cm³/mol. The van der Waals surface area contributed by atoms with Crippen LogP contribution in [0.15, 0.2) is 71.9 Å². The second-order valence-electron chi connectivity index (χ2n) is 6.63. The van der Waals surface area contributed by atoms with Gasteiger partial charge in [0.25, 0.3) is 5.91 Å². The summed E-state index contributed by atoms with van der Waals surface area (Å²) in [5, 5.41) is 0.504. The number of thiazole rings is 1. The Labute approximate surface area is 191 Å². The van der Waals surface area contributed by atoms with Crippen molar-refractivity contribution in [2.75, 3.05) is 11.2 Å². The van der Waals surface area contributed by atoms with Gasteiger partial charge >= 0.3 is 0 Å². The maximum atomic E-state index is 13.4. The van der Waals surface area contributed by atoms with Gasteiger partial charge in [0, 0.05) is 22.2 Å². The number of carbonyl (C=O) groups excluding carboxylic acids is 1. The molecule has 2 aromatic heterocycles. The summed E-state index contributed by atoms with van der Waals surface area (Å²) in [5.41, 5.74) is 2.10. The summed E-state index contributed by atoms with van der Waals surface area (Å²) < 4.78 is 25.4. The number of pyridine rings is 1. The molecular formula is C21H16IN3O3S2. The molecule has 4 aromatic rings. The minimum absolute atomic E-state index is 0.175. The molecule has 0 atom stereocenters. The van der Waals surface area contributed by atoms with Crippen molar-refractivity contribution in [3.05, 3.63) is 81.7 Å². The van der Waals surface area contributed by atoms with Gasteiger partial charge < -0.3 is 0 Å². The van der Waals surface area contributed by atoms with Crippen molar-refractivity contribution in [3.8, 4) is 0 Å². The molecular weight excluding hydrogens is 533 g/mol. The summed E-state index contributed by atoms with van der Waals surface area (Å²) in [6.45, 7) is 0.302. The standard InChI is InChI=1S/C21H16IN3O3S2/c1-30(27,28)15-8-9-18-19(11-15)29-21(24-18)25(13-14-5-4-10-23-12-14)20(26)16-6-2-3-7-17(16)22/h2-12H,13H2,1H3. The van der Waals surface area contributed by atoms with Gasteiger partial charge in [-0.25, -0.2) is 13.4 Å². The average Bonchev–Trinajstić information content (AvgIpc) is 3.15. The van der Waals surface area contributed by atoms with Crippen LogP contribution < -0.4 is 4.90 Å². The minimum Gasteiger partial charge on any atom is -0.279 e. The number of carbonyl (C=O) groups is 1. The fourth-order valence-electron chi connectivity index (χ4n) is 2.92. The van der Waals surface area contributed by atoms with Crippen LogP contribution in [0.2, 0.25) is 0 Å². The fraction of sp³-hybridized carbons (Fsp3) is 0.0952. The maximum Gasteiger partial charge on any atom is 0.261 e. The number of amides is 1. The van der Waals surface area contributed by atoms with Crippen LogP contribution in [0.25, 0.3) is 10.2 Å². The SMILES string of the molecule is CS(=O)(=O)c1ccc2nc(N(Cc3cccnc3)C(=O)c3ccccc3I)sc2c1. The first kappa shape index (κ1) is 20.9. The first-order chi connectivity index (χ1) is 14.3. The zero-order valence-corrected chi connectivity index (χ0v) is 19.6. The third-order valence-corrected chi connectivity index (χ3v) is 7.51. The van der Waals surface area contributed by atoms with Crippen LogP contribution in [-0.4, -0.2) is 30.5 Å². The highest BCUT2D eigenvalue weighted by Gasteiger charge is 2.23. The second kappa shape index (κ2) is 8.40. The molecule has 30 heavy (non-hydrogen) atoms. The molecule has 1 amide bonds. The number of rotatable bonds is 5. The van der Waals surface area contributed by atoms with Gasteiger partial charge in [-0.3, -0.25) is 14.7 Å². The normalized spacial score (nSPS) is 11.5. The Bertz CT molecular complexity index is 1340. The Morgan fingerprint density at radius 1 is 1.13 bits per heavy atom. The van der Waals surface area contributed by atoms with Crippen LogP contribution in [0, 0.1) is 3.57 Å². The number of aromatic nitrogens is 2. The summed E-state index contributed by atoms with van der Waals surface area (Å²) in [4.78, 5) is 24.0. The van der Waals surface area contributed by atoms with E-state index in [1.165, 1.54) is 23.7 Å². The molecule has 4 rings (SSSR count). The number of hydrogen-bond donors (Lipinski definition) is 0. The van der Waals surface area contributed by atoms with Gasteiger partial charge in [-0.15, -0.1) is 0 Å². The van der Waals surface area contributed by atoms with Gasteiger partial charge in [0.2, 0.25) is 0 Å². The third kappa shape index (κ3) is 4.37. The predicted octanol–water partition coefficient (Wildman–Crippen LogP) is 4.55. The first-order valence-electron chi connectivity index (χ1n) is 8.89. The molecule has 0 aliphatic carbocycles. The van der Waals surface area contributed by atoms with Crippen molar-refractivity contribution in [2.45, 2.75) is 11.4 Å². The molecule has 0 saturated carbocycles. The fourth-order valence-corrected chi connectivity index (χ4v) is 5.26. The number of benzene rings is 2. The Kier molecular flexibility index (Phi) is 5.85. The number of fused-ring (bicyclic) bond motifs is 1. The van der Waals surface area contributed by atoms with Crippen LogP contribution in [0.4, 0.5) is 5.13 Å². The van der Waals surface area contributed by atoms with E-state index in [1.54, 1.807) is 35.5 Å². The summed E-state index contributed by atoms with van der Waals surface area (Å²) in [6, 6.07) is 15.9. The van der Waals surface area contributed by atoms with Crippen LogP contribution >= 0.6 is 33.9 Å². The van der Waals surface area contributed by atoms with E-state index in [4.69, 9.17) is 0 Å². The molecule has 6 nitrogen and oxygen atoms in total. The van der Waals surface area contributed by atoms with Crippen molar-refractivity contribution >= 4 is 65.0 Å². The van der Waals surface area contributed by atoms with Crippen LogP contribution in [-0.2, 0) is 16.4 Å². The Balaban J connectivity index is 1.81. The average molecular weight is 549 g/mol. The molecule has 0 spiro atoms. The zero-order valence-electron chi connectivity index (χ0n) is 15.8. The largest absolute Gasteiger partial charge is 0.279 e. The number of sulfone groups is 1. The van der Waals surface area contributed by atoms with Gasteiger partial charge in [-0.2, -0.15) is 0 Å². The topological polar surface area (TPSA) is 80.2 Å². The van der Waals surface area contributed by atoms with Crippen molar-refractivity contribution in [1.29, 1.82) is 0 Å². The Hall–Kier alpha value is -2.37. The monoisotopic (exact) mass is 549 g/mol. The second-order valence-corrected chi connectivity index (χ2v) is 10.8. The van der Waals surface area contributed by atoms with Crippen LogP contribution in [0.5, 0.6) is 0 Å². The molecule has 0 N–H and O–H groups in total. The lowest BCUT2D eigenvalue weighted by atomic mass is 10.2. The van der Waals surface area contributed by atoms with E-state index in [-0.39, 0.29) is 10.8 Å². The molecule has 0 bridgehead atoms. The van der Waals surface area contributed by atoms with E-state index in [9.17, 15) is 13.2 Å². The molecule has 2 heterocycles. The quantitative estimate of drug-likeness (QED) is 0.342. The van der Waals surface area contributed by atoms with Crippen molar-refractivity contribution in [3.63, 3.8) is 0 Å². The number of halogens is 1. The van der Waals surface area contributed by atoms with Gasteiger partial charge in [-0.1, -0.05) is 29.5 Å². The number of hydrogen-bond acceptors (Lipinski definition) is 6. The summed E-state index contributed by atoms with van der Waals surface area (Å²) in [7, 11) is -3.33. The van der Waals surface area contributed by atoms with Crippen molar-refractivity contribution < 1.29 is 13.2 Å². The molecule has 0 saturated heterocycles. The van der Waals surface area contributed by atoms with E-state index in [0.29, 0.717) is 27.5 Å². The van der Waals surface area contributed by atoms with E-state index in [0.717, 1.165) is 9.13 Å². The molecule has 9 heteroatoms.